The average Bonchev–Trinajstić information content (AvgIpc) is 2.25. The number of hydrogen-bond acceptors (Lipinski definition) is 3. The van der Waals surface area contributed by atoms with Gasteiger partial charge in [-0.25, -0.2) is 4.79 Å². The lowest BCUT2D eigenvalue weighted by Crippen LogP contribution is -2.40. The number of nitrogens with one attached hydrogen (secondary N) is 1. The molecule has 0 radical (unpaired) electrons. The lowest BCUT2D eigenvalue weighted by molar-refractivity contribution is 0.0502. The molecule has 0 saturated heterocycles. The Bertz CT molecular complexity index is 306. The van der Waals surface area contributed by atoms with Crippen molar-refractivity contribution in [2.45, 2.75) is 58.5 Å². The molecular formula is C13H22N2O2. The van der Waals surface area contributed by atoms with Crippen LogP contribution in [0.2, 0.25) is 0 Å². The lowest BCUT2D eigenvalue weighted by Gasteiger charge is -2.31. The van der Waals surface area contributed by atoms with E-state index in [0.717, 1.165) is 25.7 Å². The molecule has 0 spiro atoms. The van der Waals surface area contributed by atoms with E-state index < -0.39 is 11.7 Å². The van der Waals surface area contributed by atoms with Crippen LogP contribution in [0.4, 0.5) is 4.79 Å². The molecule has 0 aromatic carbocycles. The second-order valence-corrected chi connectivity index (χ2v) is 5.81. The molecule has 1 rings (SSSR count). The minimum Gasteiger partial charge on any atom is -0.444 e. The van der Waals surface area contributed by atoms with Crippen LogP contribution in [0.3, 0.4) is 0 Å². The summed E-state index contributed by atoms with van der Waals surface area (Å²) in [5.41, 5.74) is -0.869. The van der Waals surface area contributed by atoms with Crippen molar-refractivity contribution in [2.24, 2.45) is 5.41 Å². The van der Waals surface area contributed by atoms with Crippen LogP contribution in [0, 0.1) is 16.7 Å². The van der Waals surface area contributed by atoms with Gasteiger partial charge in [0.15, 0.2) is 0 Å². The molecule has 1 saturated carbocycles. The third-order valence-electron chi connectivity index (χ3n) is 3.02. The highest BCUT2D eigenvalue weighted by Crippen LogP contribution is 2.34. The molecule has 0 bridgehead atoms. The van der Waals surface area contributed by atoms with Crippen LogP contribution in [0.15, 0.2) is 0 Å². The van der Waals surface area contributed by atoms with Gasteiger partial charge in [0.1, 0.15) is 5.60 Å². The summed E-state index contributed by atoms with van der Waals surface area (Å²) in [5.74, 6) is 0. The van der Waals surface area contributed by atoms with Gasteiger partial charge in [-0.3, -0.25) is 0 Å². The van der Waals surface area contributed by atoms with E-state index in [2.05, 4.69) is 11.4 Å². The Hall–Kier alpha value is -1.24. The van der Waals surface area contributed by atoms with Gasteiger partial charge in [0.05, 0.1) is 11.5 Å². The fourth-order valence-electron chi connectivity index (χ4n) is 2.11. The van der Waals surface area contributed by atoms with Crippen LogP contribution in [-0.2, 0) is 4.74 Å². The van der Waals surface area contributed by atoms with Crippen LogP contribution in [0.25, 0.3) is 0 Å². The summed E-state index contributed by atoms with van der Waals surface area (Å²) in [6.45, 7) is 5.88. The van der Waals surface area contributed by atoms with E-state index in [9.17, 15) is 10.1 Å². The molecule has 96 valence electrons. The molecule has 1 fully saturated rings. The Labute approximate surface area is 103 Å². The lowest BCUT2D eigenvalue weighted by atomic mass is 9.75. The maximum atomic E-state index is 11.5. The second kappa shape index (κ2) is 5.39. The number of alkyl carbamates (subject to hydrolysis) is 1. The summed E-state index contributed by atoms with van der Waals surface area (Å²) >= 11 is 0. The molecule has 1 aliphatic carbocycles. The Morgan fingerprint density at radius 1 is 1.35 bits per heavy atom. The smallest absolute Gasteiger partial charge is 0.407 e. The van der Waals surface area contributed by atoms with Gasteiger partial charge >= 0.3 is 6.09 Å². The first-order valence-corrected chi connectivity index (χ1v) is 6.25. The molecule has 1 N–H and O–H groups in total. The van der Waals surface area contributed by atoms with Crippen molar-refractivity contribution in [1.82, 2.24) is 5.32 Å². The standard InChI is InChI=1S/C13H22N2O2/c1-12(2,3)17-11(16)15-10-13(9-14)7-5-4-6-8-13/h4-8,10H2,1-3H3,(H,15,16). The zero-order valence-electron chi connectivity index (χ0n) is 11.0. The average molecular weight is 238 g/mol. The summed E-state index contributed by atoms with van der Waals surface area (Å²) in [6.07, 6.45) is 4.65. The highest BCUT2D eigenvalue weighted by Gasteiger charge is 2.32. The predicted octanol–water partition coefficient (Wildman–Crippen LogP) is 2.99. The normalized spacial score (nSPS) is 19.2. The van der Waals surface area contributed by atoms with E-state index >= 15 is 0 Å². The van der Waals surface area contributed by atoms with Crippen LogP contribution in [0.1, 0.15) is 52.9 Å². The van der Waals surface area contributed by atoms with E-state index in [0.29, 0.717) is 6.54 Å². The third-order valence-corrected chi connectivity index (χ3v) is 3.02. The molecule has 17 heavy (non-hydrogen) atoms. The molecule has 4 nitrogen and oxygen atoms in total. The fourth-order valence-corrected chi connectivity index (χ4v) is 2.11. The van der Waals surface area contributed by atoms with Gasteiger partial charge < -0.3 is 10.1 Å². The number of rotatable bonds is 2. The zero-order chi connectivity index (χ0) is 12.9. The van der Waals surface area contributed by atoms with Gasteiger partial charge in [-0.15, -0.1) is 0 Å². The third kappa shape index (κ3) is 4.64. The molecule has 0 unspecified atom stereocenters. The molecule has 1 aliphatic rings. The number of ether oxygens (including phenoxy) is 1. The molecule has 1 amide bonds. The summed E-state index contributed by atoms with van der Waals surface area (Å²) in [6, 6.07) is 2.37. The van der Waals surface area contributed by atoms with E-state index in [1.807, 2.05) is 20.8 Å². The second-order valence-electron chi connectivity index (χ2n) is 5.81. The SMILES string of the molecule is CC(C)(C)OC(=O)NCC1(C#N)CCCCC1. The first kappa shape index (κ1) is 13.8. The number of nitrogens with zero attached hydrogens (tertiary/aromatic N) is 1. The maximum absolute atomic E-state index is 11.5. The minimum absolute atomic E-state index is 0.380. The topological polar surface area (TPSA) is 62.1 Å². The summed E-state index contributed by atoms with van der Waals surface area (Å²) in [7, 11) is 0. The van der Waals surface area contributed by atoms with Gasteiger partial charge in [-0.05, 0) is 33.6 Å². The first-order chi connectivity index (χ1) is 7.87. The van der Waals surface area contributed by atoms with Gasteiger partial charge in [0.2, 0.25) is 0 Å². The fraction of sp³-hybridized carbons (Fsp3) is 0.846. The molecular weight excluding hydrogens is 216 g/mol. The highest BCUT2D eigenvalue weighted by molar-refractivity contribution is 5.67. The summed E-state index contributed by atoms with van der Waals surface area (Å²) in [5, 5.41) is 12.0. The molecule has 0 aromatic heterocycles. The van der Waals surface area contributed by atoms with E-state index in [1.54, 1.807) is 0 Å². The monoisotopic (exact) mass is 238 g/mol. The van der Waals surface area contributed by atoms with Crippen molar-refractivity contribution in [2.75, 3.05) is 6.54 Å². The number of hydrogen-bond donors (Lipinski definition) is 1. The molecule has 0 aromatic rings. The van der Waals surface area contributed by atoms with E-state index in [4.69, 9.17) is 4.74 Å². The van der Waals surface area contributed by atoms with Crippen molar-refractivity contribution >= 4 is 6.09 Å². The van der Waals surface area contributed by atoms with Crippen LogP contribution >= 0.6 is 0 Å². The van der Waals surface area contributed by atoms with Gasteiger partial charge in [-0.2, -0.15) is 5.26 Å². The Morgan fingerprint density at radius 2 is 1.94 bits per heavy atom. The largest absolute Gasteiger partial charge is 0.444 e. The quantitative estimate of drug-likeness (QED) is 0.804. The van der Waals surface area contributed by atoms with Crippen LogP contribution in [-0.4, -0.2) is 18.2 Å². The van der Waals surface area contributed by atoms with Crippen molar-refractivity contribution in [1.29, 1.82) is 5.26 Å². The molecule has 0 heterocycles. The first-order valence-electron chi connectivity index (χ1n) is 6.25. The summed E-state index contributed by atoms with van der Waals surface area (Å²) < 4.78 is 5.16. The Kier molecular flexibility index (Phi) is 4.39. The molecule has 0 atom stereocenters. The van der Waals surface area contributed by atoms with Gasteiger partial charge in [0.25, 0.3) is 0 Å². The van der Waals surface area contributed by atoms with Gasteiger partial charge in [0, 0.05) is 6.54 Å². The highest BCUT2D eigenvalue weighted by atomic mass is 16.6. The number of carbonyl (C=O) groups is 1. The van der Waals surface area contributed by atoms with Crippen LogP contribution < -0.4 is 5.32 Å². The Morgan fingerprint density at radius 3 is 2.41 bits per heavy atom. The van der Waals surface area contributed by atoms with E-state index in [-0.39, 0.29) is 5.41 Å². The van der Waals surface area contributed by atoms with Crippen LogP contribution in [0.5, 0.6) is 0 Å². The van der Waals surface area contributed by atoms with Crippen molar-refractivity contribution < 1.29 is 9.53 Å². The maximum Gasteiger partial charge on any atom is 0.407 e. The number of nitriles is 1. The predicted molar refractivity (Wildman–Crippen MR) is 65.4 cm³/mol. The zero-order valence-corrected chi connectivity index (χ0v) is 11.0. The van der Waals surface area contributed by atoms with Crippen molar-refractivity contribution in [3.05, 3.63) is 0 Å². The minimum atomic E-state index is -0.490. The number of amides is 1. The van der Waals surface area contributed by atoms with Gasteiger partial charge in [-0.1, -0.05) is 19.3 Å². The number of carbonyl (C=O) groups excluding carboxylic acids is 1. The van der Waals surface area contributed by atoms with E-state index in [1.165, 1.54) is 6.42 Å². The van der Waals surface area contributed by atoms with Crippen molar-refractivity contribution in [3.8, 4) is 6.07 Å². The van der Waals surface area contributed by atoms with Crippen molar-refractivity contribution in [3.63, 3.8) is 0 Å². The Balaban J connectivity index is 2.43. The molecule has 4 heteroatoms. The summed E-state index contributed by atoms with van der Waals surface area (Å²) in [4.78, 5) is 11.5. The molecule has 0 aliphatic heterocycles.